The van der Waals surface area contributed by atoms with E-state index in [9.17, 15) is 0 Å². The largest absolute Gasteiger partial charge is 0.378 e. The van der Waals surface area contributed by atoms with Crippen LogP contribution in [0.4, 0.5) is 0 Å². The van der Waals surface area contributed by atoms with Gasteiger partial charge < -0.3 is 10.5 Å². The van der Waals surface area contributed by atoms with Gasteiger partial charge in [0.25, 0.3) is 0 Å². The van der Waals surface area contributed by atoms with Crippen LogP contribution in [0.5, 0.6) is 0 Å². The average Bonchev–Trinajstić information content (AvgIpc) is 2.62. The van der Waals surface area contributed by atoms with Crippen LogP contribution in [-0.4, -0.2) is 19.3 Å². The Bertz CT molecular complexity index is 189. The molecule has 0 bridgehead atoms. The van der Waals surface area contributed by atoms with E-state index in [2.05, 4.69) is 6.92 Å². The third-order valence-electron chi connectivity index (χ3n) is 4.54. The highest BCUT2D eigenvalue weighted by Crippen LogP contribution is 2.46. The predicted molar refractivity (Wildman–Crippen MR) is 58.1 cm³/mol. The maximum Gasteiger partial charge on any atom is 0.0618 e. The van der Waals surface area contributed by atoms with Gasteiger partial charge in [-0.1, -0.05) is 19.3 Å². The van der Waals surface area contributed by atoms with Crippen LogP contribution in [0.15, 0.2) is 0 Å². The second-order valence-corrected chi connectivity index (χ2v) is 5.04. The number of hydrogen-bond acceptors (Lipinski definition) is 2. The van der Waals surface area contributed by atoms with E-state index >= 15 is 0 Å². The number of ether oxygens (including phenoxy) is 1. The first-order valence-electron chi connectivity index (χ1n) is 6.11. The lowest BCUT2D eigenvalue weighted by Gasteiger charge is -2.41. The summed E-state index contributed by atoms with van der Waals surface area (Å²) < 4.78 is 5.73. The molecule has 2 heteroatoms. The molecule has 1 aliphatic heterocycles. The lowest BCUT2D eigenvalue weighted by Crippen LogP contribution is -2.44. The van der Waals surface area contributed by atoms with Crippen LogP contribution in [0.1, 0.15) is 45.4 Å². The van der Waals surface area contributed by atoms with E-state index in [1.54, 1.807) is 0 Å². The van der Waals surface area contributed by atoms with Crippen LogP contribution in [0.2, 0.25) is 0 Å². The van der Waals surface area contributed by atoms with Crippen molar-refractivity contribution in [3.63, 3.8) is 0 Å². The topological polar surface area (TPSA) is 35.2 Å². The minimum absolute atomic E-state index is 0.320. The molecule has 2 rings (SSSR count). The third-order valence-corrected chi connectivity index (χ3v) is 4.54. The molecule has 2 nitrogen and oxygen atoms in total. The van der Waals surface area contributed by atoms with Gasteiger partial charge in [0.1, 0.15) is 0 Å². The third kappa shape index (κ3) is 1.59. The molecule has 1 saturated heterocycles. The van der Waals surface area contributed by atoms with Crippen LogP contribution in [0, 0.1) is 11.3 Å². The van der Waals surface area contributed by atoms with Crippen molar-refractivity contribution in [3.8, 4) is 0 Å². The monoisotopic (exact) mass is 197 g/mol. The van der Waals surface area contributed by atoms with E-state index in [4.69, 9.17) is 10.5 Å². The molecule has 2 aliphatic rings. The van der Waals surface area contributed by atoms with Crippen molar-refractivity contribution in [2.24, 2.45) is 17.1 Å². The second-order valence-electron chi connectivity index (χ2n) is 5.04. The molecule has 82 valence electrons. The lowest BCUT2D eigenvalue weighted by atomic mass is 9.65. The zero-order chi connectivity index (χ0) is 10.0. The van der Waals surface area contributed by atoms with Crippen LogP contribution in [-0.2, 0) is 4.74 Å². The molecular formula is C12H23NO. The van der Waals surface area contributed by atoms with E-state index in [0.29, 0.717) is 11.5 Å². The Morgan fingerprint density at radius 3 is 2.50 bits per heavy atom. The highest BCUT2D eigenvalue weighted by Gasteiger charge is 2.46. The first kappa shape index (κ1) is 10.4. The van der Waals surface area contributed by atoms with E-state index in [-0.39, 0.29) is 0 Å². The second kappa shape index (κ2) is 4.19. The Labute approximate surface area is 87.2 Å². The maximum atomic E-state index is 6.01. The Morgan fingerprint density at radius 2 is 2.00 bits per heavy atom. The maximum absolute atomic E-state index is 6.01. The van der Waals surface area contributed by atoms with Gasteiger partial charge in [0.15, 0.2) is 0 Å². The van der Waals surface area contributed by atoms with E-state index in [0.717, 1.165) is 19.1 Å². The van der Waals surface area contributed by atoms with E-state index in [1.165, 1.54) is 38.5 Å². The van der Waals surface area contributed by atoms with Crippen molar-refractivity contribution in [2.75, 3.05) is 13.2 Å². The van der Waals surface area contributed by atoms with Crippen LogP contribution >= 0.6 is 0 Å². The van der Waals surface area contributed by atoms with Gasteiger partial charge in [-0.3, -0.25) is 0 Å². The molecule has 14 heavy (non-hydrogen) atoms. The first-order chi connectivity index (χ1) is 6.79. The fourth-order valence-electron chi connectivity index (χ4n) is 3.44. The van der Waals surface area contributed by atoms with Gasteiger partial charge in [-0.05, 0) is 32.1 Å². The summed E-state index contributed by atoms with van der Waals surface area (Å²) in [4.78, 5) is 0. The SMILES string of the molecule is CC1OCCC1(CN)C1CCCCC1. The Hall–Kier alpha value is -0.0800. The summed E-state index contributed by atoms with van der Waals surface area (Å²) in [6.45, 7) is 3.96. The summed E-state index contributed by atoms with van der Waals surface area (Å²) in [5.74, 6) is 0.832. The van der Waals surface area contributed by atoms with Gasteiger partial charge in [-0.25, -0.2) is 0 Å². The molecule has 1 aliphatic carbocycles. The number of nitrogens with two attached hydrogens (primary N) is 1. The first-order valence-corrected chi connectivity index (χ1v) is 6.11. The van der Waals surface area contributed by atoms with Crippen molar-refractivity contribution in [1.82, 2.24) is 0 Å². The highest BCUT2D eigenvalue weighted by atomic mass is 16.5. The van der Waals surface area contributed by atoms with Crippen LogP contribution < -0.4 is 5.73 Å². The van der Waals surface area contributed by atoms with E-state index in [1.807, 2.05) is 0 Å². The molecular weight excluding hydrogens is 174 g/mol. The Balaban J connectivity index is 2.09. The minimum Gasteiger partial charge on any atom is -0.378 e. The molecule has 0 amide bonds. The molecule has 0 spiro atoms. The fourth-order valence-corrected chi connectivity index (χ4v) is 3.44. The molecule has 2 fully saturated rings. The molecule has 0 aromatic heterocycles. The van der Waals surface area contributed by atoms with Gasteiger partial charge in [-0.2, -0.15) is 0 Å². The van der Waals surface area contributed by atoms with E-state index < -0.39 is 0 Å². The van der Waals surface area contributed by atoms with Gasteiger partial charge in [-0.15, -0.1) is 0 Å². The quantitative estimate of drug-likeness (QED) is 0.737. The summed E-state index contributed by atoms with van der Waals surface area (Å²) in [6, 6.07) is 0. The lowest BCUT2D eigenvalue weighted by molar-refractivity contribution is 0.0205. The molecule has 0 aromatic rings. The van der Waals surface area contributed by atoms with Gasteiger partial charge in [0.05, 0.1) is 6.10 Å². The zero-order valence-electron chi connectivity index (χ0n) is 9.30. The minimum atomic E-state index is 0.320. The highest BCUT2D eigenvalue weighted by molar-refractivity contribution is 4.96. The van der Waals surface area contributed by atoms with Crippen LogP contribution in [0.3, 0.4) is 0 Å². The normalized spacial score (nSPS) is 40.3. The zero-order valence-corrected chi connectivity index (χ0v) is 9.30. The molecule has 2 atom stereocenters. The summed E-state index contributed by atoms with van der Waals surface area (Å²) in [5.41, 5.74) is 6.33. The van der Waals surface area contributed by atoms with Gasteiger partial charge in [0, 0.05) is 18.6 Å². The van der Waals surface area contributed by atoms with Gasteiger partial charge >= 0.3 is 0 Å². The molecule has 1 heterocycles. The van der Waals surface area contributed by atoms with Gasteiger partial charge in [0.2, 0.25) is 0 Å². The molecule has 0 aromatic carbocycles. The average molecular weight is 197 g/mol. The smallest absolute Gasteiger partial charge is 0.0618 e. The van der Waals surface area contributed by atoms with Crippen molar-refractivity contribution >= 4 is 0 Å². The van der Waals surface area contributed by atoms with Crippen molar-refractivity contribution < 1.29 is 4.74 Å². The number of hydrogen-bond donors (Lipinski definition) is 1. The summed E-state index contributed by atoms with van der Waals surface area (Å²) in [6.07, 6.45) is 8.56. The van der Waals surface area contributed by atoms with Crippen molar-refractivity contribution in [3.05, 3.63) is 0 Å². The molecule has 2 N–H and O–H groups in total. The summed E-state index contributed by atoms with van der Waals surface area (Å²) in [7, 11) is 0. The van der Waals surface area contributed by atoms with Crippen molar-refractivity contribution in [2.45, 2.75) is 51.6 Å². The van der Waals surface area contributed by atoms with Crippen molar-refractivity contribution in [1.29, 1.82) is 0 Å². The fraction of sp³-hybridized carbons (Fsp3) is 1.00. The molecule has 1 saturated carbocycles. The Kier molecular flexibility index (Phi) is 3.13. The summed E-state index contributed by atoms with van der Waals surface area (Å²) in [5, 5.41) is 0. The Morgan fingerprint density at radius 1 is 1.29 bits per heavy atom. The molecule has 0 radical (unpaired) electrons. The predicted octanol–water partition coefficient (Wildman–Crippen LogP) is 2.32. The van der Waals surface area contributed by atoms with Crippen LogP contribution in [0.25, 0.3) is 0 Å². The standard InChI is InChI=1S/C12H23NO/c1-10-12(9-13,7-8-14-10)11-5-3-2-4-6-11/h10-11H,2-9,13H2,1H3. The molecule has 2 unspecified atom stereocenters. The number of rotatable bonds is 2. The summed E-state index contributed by atoms with van der Waals surface area (Å²) >= 11 is 0.